The van der Waals surface area contributed by atoms with Crippen LogP contribution in [-0.2, 0) is 6.42 Å². The molecule has 6 heteroatoms. The lowest BCUT2D eigenvalue weighted by atomic mass is 10.2. The van der Waals surface area contributed by atoms with Crippen LogP contribution < -0.4 is 11.5 Å². The maximum atomic E-state index is 7.39. The number of aliphatic imine (C=N–C) groups is 1. The van der Waals surface area contributed by atoms with E-state index >= 15 is 0 Å². The molecule has 1 aromatic heterocycles. The summed E-state index contributed by atoms with van der Waals surface area (Å²) in [6, 6.07) is 3.90. The molecular formula is C9H13N5S. The molecule has 1 heterocycles. The molecule has 1 rings (SSSR count). The lowest BCUT2D eigenvalue weighted by Gasteiger charge is -1.99. The number of hydrogen-bond donors (Lipinski definition) is 3. The molecule has 5 nitrogen and oxygen atoms in total. The number of amidine groups is 1. The van der Waals surface area contributed by atoms with E-state index in [1.807, 2.05) is 12.1 Å². The fourth-order valence-corrected chi connectivity index (χ4v) is 1.67. The van der Waals surface area contributed by atoms with Gasteiger partial charge in [-0.25, -0.2) is 0 Å². The van der Waals surface area contributed by atoms with E-state index in [-0.39, 0.29) is 11.1 Å². The minimum absolute atomic E-state index is 0.0728. The van der Waals surface area contributed by atoms with Gasteiger partial charge in [-0.05, 0) is 24.1 Å². The van der Waals surface area contributed by atoms with Gasteiger partial charge in [0.05, 0.1) is 0 Å². The molecule has 0 atom stereocenters. The highest BCUT2D eigenvalue weighted by molar-refractivity contribution is 8.13. The van der Waals surface area contributed by atoms with E-state index in [1.165, 1.54) is 17.3 Å². The van der Waals surface area contributed by atoms with Gasteiger partial charge in [0.15, 0.2) is 11.1 Å². The minimum atomic E-state index is -0.0728. The molecule has 0 fully saturated rings. The fraction of sp³-hybridized carbons (Fsp3) is 0.222. The van der Waals surface area contributed by atoms with E-state index in [2.05, 4.69) is 9.98 Å². The Morgan fingerprint density at radius 3 is 2.67 bits per heavy atom. The van der Waals surface area contributed by atoms with E-state index < -0.39 is 0 Å². The second kappa shape index (κ2) is 6.02. The highest BCUT2D eigenvalue weighted by atomic mass is 32.2. The highest BCUT2D eigenvalue weighted by Gasteiger charge is 1.97. The predicted molar refractivity (Wildman–Crippen MR) is 63.9 cm³/mol. The van der Waals surface area contributed by atoms with Gasteiger partial charge in [-0.2, -0.15) is 4.99 Å². The van der Waals surface area contributed by atoms with Crippen molar-refractivity contribution in [3.05, 3.63) is 30.1 Å². The molecule has 0 aliphatic rings. The fourth-order valence-electron chi connectivity index (χ4n) is 0.965. The Bertz CT molecular complexity index is 345. The summed E-state index contributed by atoms with van der Waals surface area (Å²) >= 11 is 1.31. The first-order valence-corrected chi connectivity index (χ1v) is 5.37. The summed E-state index contributed by atoms with van der Waals surface area (Å²) < 4.78 is 0. The number of aryl methyl sites for hydroxylation is 1. The molecule has 0 aliphatic carbocycles. The number of rotatable bonds is 3. The third-order valence-corrected chi connectivity index (χ3v) is 2.38. The minimum Gasteiger partial charge on any atom is -0.370 e. The van der Waals surface area contributed by atoms with Crippen molar-refractivity contribution in [2.75, 3.05) is 5.75 Å². The average Bonchev–Trinajstić information content (AvgIpc) is 2.18. The number of nitrogens with one attached hydrogen (secondary N) is 1. The van der Waals surface area contributed by atoms with Gasteiger partial charge in [0, 0.05) is 18.1 Å². The van der Waals surface area contributed by atoms with Crippen LogP contribution in [0.25, 0.3) is 0 Å². The Morgan fingerprint density at radius 1 is 1.40 bits per heavy atom. The molecule has 0 aliphatic heterocycles. The number of nitrogens with zero attached hydrogens (tertiary/aromatic N) is 2. The monoisotopic (exact) mass is 223 g/mol. The van der Waals surface area contributed by atoms with Crippen molar-refractivity contribution >= 4 is 22.9 Å². The van der Waals surface area contributed by atoms with Crippen LogP contribution in [0, 0.1) is 5.41 Å². The van der Waals surface area contributed by atoms with Gasteiger partial charge in [0.1, 0.15) is 0 Å². The molecule has 0 saturated heterocycles. The van der Waals surface area contributed by atoms with Crippen molar-refractivity contribution in [2.45, 2.75) is 6.42 Å². The summed E-state index contributed by atoms with van der Waals surface area (Å²) in [4.78, 5) is 7.54. The summed E-state index contributed by atoms with van der Waals surface area (Å²) in [6.07, 6.45) is 4.37. The Kier molecular flexibility index (Phi) is 4.62. The van der Waals surface area contributed by atoms with Crippen LogP contribution in [0.5, 0.6) is 0 Å². The number of guanidine groups is 1. The van der Waals surface area contributed by atoms with Gasteiger partial charge in [-0.15, -0.1) is 0 Å². The van der Waals surface area contributed by atoms with Crippen molar-refractivity contribution in [2.24, 2.45) is 16.5 Å². The van der Waals surface area contributed by atoms with Crippen LogP contribution in [0.1, 0.15) is 5.56 Å². The van der Waals surface area contributed by atoms with Crippen molar-refractivity contribution < 1.29 is 0 Å². The molecular weight excluding hydrogens is 210 g/mol. The van der Waals surface area contributed by atoms with Crippen molar-refractivity contribution in [3.8, 4) is 0 Å². The predicted octanol–water partition coefficient (Wildman–Crippen LogP) is 0.565. The number of nitrogens with two attached hydrogens (primary N) is 2. The van der Waals surface area contributed by atoms with Crippen LogP contribution >= 0.6 is 11.8 Å². The molecule has 80 valence electrons. The normalized spacial score (nSPS) is 9.60. The molecule has 0 bridgehead atoms. The summed E-state index contributed by atoms with van der Waals surface area (Å²) in [7, 11) is 0. The Morgan fingerprint density at radius 2 is 2.07 bits per heavy atom. The molecule has 1 aromatic rings. The van der Waals surface area contributed by atoms with Gasteiger partial charge in [0.2, 0.25) is 0 Å². The zero-order valence-electron chi connectivity index (χ0n) is 8.18. The summed E-state index contributed by atoms with van der Waals surface area (Å²) in [5.74, 6) is 0.705. The molecule has 0 aromatic carbocycles. The second-order valence-corrected chi connectivity index (χ2v) is 3.88. The van der Waals surface area contributed by atoms with Crippen molar-refractivity contribution in [1.82, 2.24) is 4.98 Å². The molecule has 0 radical (unpaired) electrons. The molecule has 5 N–H and O–H groups in total. The topological polar surface area (TPSA) is 101 Å². The van der Waals surface area contributed by atoms with Gasteiger partial charge in [0.25, 0.3) is 0 Å². The van der Waals surface area contributed by atoms with Crippen molar-refractivity contribution in [1.29, 1.82) is 5.41 Å². The maximum Gasteiger partial charge on any atom is 0.193 e. The third-order valence-electron chi connectivity index (χ3n) is 1.61. The second-order valence-electron chi connectivity index (χ2n) is 2.80. The zero-order valence-corrected chi connectivity index (χ0v) is 9.00. The van der Waals surface area contributed by atoms with Gasteiger partial charge in [-0.1, -0.05) is 11.8 Å². The van der Waals surface area contributed by atoms with Crippen LogP contribution in [0.4, 0.5) is 0 Å². The summed E-state index contributed by atoms with van der Waals surface area (Å²) in [5, 5.41) is 7.53. The number of pyridine rings is 1. The molecule has 0 amide bonds. The first-order valence-electron chi connectivity index (χ1n) is 4.38. The van der Waals surface area contributed by atoms with Crippen LogP contribution in [-0.4, -0.2) is 21.9 Å². The quantitative estimate of drug-likeness (QED) is 0.515. The maximum absolute atomic E-state index is 7.39. The van der Waals surface area contributed by atoms with E-state index in [0.29, 0.717) is 0 Å². The first-order chi connectivity index (χ1) is 7.18. The third kappa shape index (κ3) is 5.02. The summed E-state index contributed by atoms with van der Waals surface area (Å²) in [5.41, 5.74) is 11.5. The number of aromatic nitrogens is 1. The van der Waals surface area contributed by atoms with Crippen LogP contribution in [0.3, 0.4) is 0 Å². The van der Waals surface area contributed by atoms with E-state index in [9.17, 15) is 0 Å². The summed E-state index contributed by atoms with van der Waals surface area (Å²) in [6.45, 7) is 0. The van der Waals surface area contributed by atoms with Gasteiger partial charge < -0.3 is 11.5 Å². The zero-order chi connectivity index (χ0) is 11.1. The lowest BCUT2D eigenvalue weighted by molar-refractivity contribution is 1.13. The smallest absolute Gasteiger partial charge is 0.193 e. The molecule has 0 spiro atoms. The standard InChI is InChI=1S/C9H13N5S/c10-8(11)14-9(12)15-6-3-7-1-4-13-5-2-7/h1-2,4-5H,3,6H2,(H5,10,11,12,14). The van der Waals surface area contributed by atoms with Crippen LogP contribution in [0.2, 0.25) is 0 Å². The molecule has 15 heavy (non-hydrogen) atoms. The Balaban J connectivity index is 2.28. The van der Waals surface area contributed by atoms with E-state index in [0.717, 1.165) is 12.2 Å². The average molecular weight is 223 g/mol. The Labute approximate surface area is 92.5 Å². The largest absolute Gasteiger partial charge is 0.370 e. The lowest BCUT2D eigenvalue weighted by Crippen LogP contribution is -2.23. The van der Waals surface area contributed by atoms with Gasteiger partial charge >= 0.3 is 0 Å². The van der Waals surface area contributed by atoms with Gasteiger partial charge in [-0.3, -0.25) is 10.4 Å². The molecule has 0 saturated carbocycles. The molecule has 0 unspecified atom stereocenters. The SMILES string of the molecule is N=C(N=C(N)N)SCCc1ccncc1. The highest BCUT2D eigenvalue weighted by Crippen LogP contribution is 2.07. The van der Waals surface area contributed by atoms with E-state index in [4.69, 9.17) is 16.9 Å². The first kappa shape index (κ1) is 11.5. The van der Waals surface area contributed by atoms with Crippen molar-refractivity contribution in [3.63, 3.8) is 0 Å². The van der Waals surface area contributed by atoms with E-state index in [1.54, 1.807) is 12.4 Å². The number of hydrogen-bond acceptors (Lipinski definition) is 3. The Hall–Kier alpha value is -1.56. The van der Waals surface area contributed by atoms with Crippen LogP contribution in [0.15, 0.2) is 29.5 Å². The number of thioether (sulfide) groups is 1.